The van der Waals surface area contributed by atoms with Gasteiger partial charge in [-0.05, 0) is 0 Å². The number of halogens is 2. The zero-order chi connectivity index (χ0) is 9.00. The van der Waals surface area contributed by atoms with Gasteiger partial charge < -0.3 is 28.7 Å². The fourth-order valence-corrected chi connectivity index (χ4v) is 0. The molecule has 0 heterocycles. The molecule has 0 aromatic rings. The molecule has 11 heteroatoms. The van der Waals surface area contributed by atoms with Gasteiger partial charge in [-0.25, -0.2) is 8.39 Å². The Balaban J connectivity index is -0.000000107. The van der Waals surface area contributed by atoms with E-state index in [9.17, 15) is 8.39 Å². The summed E-state index contributed by atoms with van der Waals surface area (Å²) < 4.78 is 37.1. The fourth-order valence-electron chi connectivity index (χ4n) is 0. The van der Waals surface area contributed by atoms with E-state index >= 15 is 0 Å². The van der Waals surface area contributed by atoms with E-state index in [1.54, 1.807) is 0 Å². The van der Waals surface area contributed by atoms with Crippen LogP contribution >= 0.6 is 15.8 Å². The zero-order valence-electron chi connectivity index (χ0n) is 4.60. The third kappa shape index (κ3) is 957. The summed E-state index contributed by atoms with van der Waals surface area (Å²) in [7, 11) is -11.3. The molecule has 0 aromatic heterocycles. The van der Waals surface area contributed by atoms with E-state index in [1.807, 2.05) is 0 Å². The van der Waals surface area contributed by atoms with Crippen LogP contribution in [0, 0.1) is 0 Å². The van der Waals surface area contributed by atoms with E-state index in [2.05, 4.69) is 0 Å². The van der Waals surface area contributed by atoms with Crippen molar-refractivity contribution in [3.8, 4) is 0 Å². The maximum atomic E-state index is 10.1. The van der Waals surface area contributed by atoms with Crippen molar-refractivity contribution in [3.05, 3.63) is 0 Å². The van der Waals surface area contributed by atoms with Crippen LogP contribution in [0.15, 0.2) is 0 Å². The summed E-state index contributed by atoms with van der Waals surface area (Å²) in [5, 5.41) is 0. The van der Waals surface area contributed by atoms with Crippen molar-refractivity contribution >= 4 is 39.7 Å². The van der Waals surface area contributed by atoms with E-state index in [1.165, 1.54) is 0 Å². The Hall–Kier alpha value is 0.959. The van der Waals surface area contributed by atoms with Crippen LogP contribution in [0.3, 0.4) is 0 Å². The van der Waals surface area contributed by atoms with Crippen LogP contribution < -0.4 is 19.6 Å². The molecule has 0 amide bonds. The van der Waals surface area contributed by atoms with Crippen LogP contribution in [-0.4, -0.2) is 23.9 Å². The summed E-state index contributed by atoms with van der Waals surface area (Å²) in [6.07, 6.45) is 0. The summed E-state index contributed by atoms with van der Waals surface area (Å²) in [6, 6.07) is 0. The first kappa shape index (κ1) is 17.9. The van der Waals surface area contributed by atoms with E-state index < -0.39 is 15.8 Å². The van der Waals surface area contributed by atoms with Crippen LogP contribution in [0.4, 0.5) is 8.39 Å². The Bertz CT molecular complexity index is 131. The molecule has 0 aliphatic heterocycles. The first-order valence-corrected chi connectivity index (χ1v) is 4.30. The Morgan fingerprint density at radius 1 is 0.818 bits per heavy atom. The van der Waals surface area contributed by atoms with E-state index in [4.69, 9.17) is 28.7 Å². The molecule has 0 bridgehead atoms. The molecular weight excluding hydrogens is 315 g/mol. The van der Waals surface area contributed by atoms with Gasteiger partial charge in [-0.2, -0.15) is 0 Å². The molecule has 0 spiro atoms. The molecule has 11 heavy (non-hydrogen) atoms. The monoisotopic (exact) mass is 316 g/mol. The third-order valence-electron chi connectivity index (χ3n) is 0. The summed E-state index contributed by atoms with van der Waals surface area (Å²) in [5.74, 6) is 0. The molecule has 0 radical (unpaired) electrons. The fraction of sp³-hybridized carbons (Fsp3) is 0. The maximum Gasteiger partial charge on any atom is 4.00 e. The van der Waals surface area contributed by atoms with Crippen molar-refractivity contribution in [1.82, 2.24) is 0 Å². The van der Waals surface area contributed by atoms with Crippen LogP contribution in [0.25, 0.3) is 0 Å². The summed E-state index contributed by atoms with van der Waals surface area (Å²) in [4.78, 5) is 33.8. The Labute approximate surface area is 77.1 Å². The molecule has 0 aliphatic carbocycles. The van der Waals surface area contributed by atoms with Crippen molar-refractivity contribution in [2.75, 3.05) is 0 Å². The predicted molar refractivity (Wildman–Crippen MR) is 23.2 cm³/mol. The normalized spacial score (nSPS) is 10.7. The van der Waals surface area contributed by atoms with E-state index in [0.717, 1.165) is 0 Å². The second-order valence-electron chi connectivity index (χ2n) is 0.861. The smallest absolute Gasteiger partial charge is 0.786 e. The molecule has 0 aliphatic rings. The summed E-state index contributed by atoms with van der Waals surface area (Å²) in [6.45, 7) is 0. The van der Waals surface area contributed by atoms with Crippen molar-refractivity contribution < 1.29 is 37.1 Å². The van der Waals surface area contributed by atoms with Crippen molar-refractivity contribution in [2.24, 2.45) is 0 Å². The van der Waals surface area contributed by atoms with E-state index in [0.29, 0.717) is 0 Å². The number of rotatable bonds is 0. The van der Waals surface area contributed by atoms with Gasteiger partial charge in [-0.1, -0.05) is 0 Å². The molecule has 0 fully saturated rings. The van der Waals surface area contributed by atoms with Gasteiger partial charge in [0.1, 0.15) is 15.8 Å². The molecule has 0 atom stereocenters. The van der Waals surface area contributed by atoms with Gasteiger partial charge in [0.25, 0.3) is 0 Å². The molecule has 0 N–H and O–H groups in total. The first-order valence-electron chi connectivity index (χ1n) is 1.43. The zero-order valence-corrected chi connectivity index (χ0v) is 9.24. The molecule has 0 aromatic carbocycles. The number of hydrogen-bond acceptors (Lipinski definition) is 6. The second kappa shape index (κ2) is 6.47. The summed E-state index contributed by atoms with van der Waals surface area (Å²) >= 11 is 0. The molecular formula is F2O6P2Sn. The minimum atomic E-state index is -5.64. The quantitative estimate of drug-likeness (QED) is 0.351. The predicted octanol–water partition coefficient (Wildman–Crippen LogP) is -2.81. The van der Waals surface area contributed by atoms with Gasteiger partial charge in [0, 0.05) is 0 Å². The Morgan fingerprint density at radius 2 is 0.818 bits per heavy atom. The Kier molecular flexibility index (Phi) is 10.5. The third-order valence-corrected chi connectivity index (χ3v) is 0. The van der Waals surface area contributed by atoms with Crippen LogP contribution in [-0.2, 0) is 9.13 Å². The Morgan fingerprint density at radius 3 is 0.818 bits per heavy atom. The molecule has 0 rings (SSSR count). The van der Waals surface area contributed by atoms with Crippen molar-refractivity contribution in [3.63, 3.8) is 0 Å². The average molecular weight is 315 g/mol. The first-order chi connectivity index (χ1) is 4.00. The topological polar surface area (TPSA) is 126 Å². The molecule has 64 valence electrons. The van der Waals surface area contributed by atoms with Gasteiger partial charge in [0.05, 0.1) is 0 Å². The van der Waals surface area contributed by atoms with Crippen LogP contribution in [0.5, 0.6) is 0 Å². The van der Waals surface area contributed by atoms with Gasteiger partial charge in [0.15, 0.2) is 0 Å². The second-order valence-corrected chi connectivity index (χ2v) is 2.58. The van der Waals surface area contributed by atoms with Gasteiger partial charge in [-0.3, -0.25) is 0 Å². The summed E-state index contributed by atoms with van der Waals surface area (Å²) in [5.41, 5.74) is 0. The van der Waals surface area contributed by atoms with Gasteiger partial charge in [0.2, 0.25) is 0 Å². The largest absolute Gasteiger partial charge is 4.00 e. The van der Waals surface area contributed by atoms with Gasteiger partial charge >= 0.3 is 23.9 Å². The average Bonchev–Trinajstić information content (AvgIpc) is 1.12. The molecule has 0 saturated carbocycles. The van der Waals surface area contributed by atoms with Crippen LogP contribution in [0.2, 0.25) is 0 Å². The van der Waals surface area contributed by atoms with Crippen molar-refractivity contribution in [2.45, 2.75) is 0 Å². The standard InChI is InChI=1S/2FH2O3P.Sn/c2*1-5(2,3)4;/h2*(H2,2,3,4);/q;;+4/p-4. The SMILES string of the molecule is O=P([O-])([O-])F.O=P([O-])([O-])F.[Sn+4]. The minimum Gasteiger partial charge on any atom is -0.786 e. The molecule has 0 saturated heterocycles. The van der Waals surface area contributed by atoms with Gasteiger partial charge in [-0.15, -0.1) is 0 Å². The van der Waals surface area contributed by atoms with Crippen molar-refractivity contribution in [1.29, 1.82) is 0 Å². The molecule has 0 unspecified atom stereocenters. The molecule has 6 nitrogen and oxygen atoms in total. The minimum absolute atomic E-state index is 0. The number of hydrogen-bond donors (Lipinski definition) is 0. The van der Waals surface area contributed by atoms with Crippen LogP contribution in [0.1, 0.15) is 0 Å². The maximum absolute atomic E-state index is 10.1. The van der Waals surface area contributed by atoms with E-state index in [-0.39, 0.29) is 23.9 Å².